The number of hydrogen-bond acceptors (Lipinski definition) is 6. The molecule has 2 heterocycles. The number of rotatable bonds is 8. The molecular weight excluding hydrogens is 448 g/mol. The number of benzene rings is 2. The van der Waals surface area contributed by atoms with E-state index < -0.39 is 5.97 Å². The van der Waals surface area contributed by atoms with Crippen LogP contribution < -0.4 is 10.1 Å². The van der Waals surface area contributed by atoms with Crippen molar-refractivity contribution in [3.63, 3.8) is 0 Å². The van der Waals surface area contributed by atoms with Crippen LogP contribution in [0.4, 0.5) is 5.69 Å². The first kappa shape index (κ1) is 24.1. The number of carbonyl (C=O) groups is 3. The number of amides is 2. The molecule has 35 heavy (non-hydrogen) atoms. The first-order chi connectivity index (χ1) is 17.0. The van der Waals surface area contributed by atoms with E-state index in [0.29, 0.717) is 48.9 Å². The highest BCUT2D eigenvalue weighted by Gasteiger charge is 2.25. The van der Waals surface area contributed by atoms with Crippen LogP contribution in [0.25, 0.3) is 11.3 Å². The first-order valence-electron chi connectivity index (χ1n) is 11.6. The Hall–Kier alpha value is -4.07. The van der Waals surface area contributed by atoms with Gasteiger partial charge < -0.3 is 24.1 Å². The molecule has 3 aromatic rings. The van der Waals surface area contributed by atoms with Crippen LogP contribution in [0.1, 0.15) is 41.4 Å². The van der Waals surface area contributed by atoms with Gasteiger partial charge in [0.2, 0.25) is 5.91 Å². The number of ether oxygens (including phenoxy) is 2. The van der Waals surface area contributed by atoms with Crippen LogP contribution in [0.2, 0.25) is 0 Å². The molecule has 0 saturated carbocycles. The summed E-state index contributed by atoms with van der Waals surface area (Å²) in [6.07, 6.45) is 0.716. The van der Waals surface area contributed by atoms with E-state index in [-0.39, 0.29) is 24.7 Å². The van der Waals surface area contributed by atoms with Gasteiger partial charge >= 0.3 is 5.97 Å². The zero-order valence-electron chi connectivity index (χ0n) is 19.8. The predicted molar refractivity (Wildman–Crippen MR) is 130 cm³/mol. The van der Waals surface area contributed by atoms with Crippen molar-refractivity contribution in [2.24, 2.45) is 0 Å². The molecule has 1 aromatic heterocycles. The van der Waals surface area contributed by atoms with Crippen LogP contribution in [0.15, 0.2) is 59.0 Å². The van der Waals surface area contributed by atoms with Gasteiger partial charge in [0, 0.05) is 48.3 Å². The van der Waals surface area contributed by atoms with Gasteiger partial charge in [0.05, 0.1) is 20.1 Å². The third-order valence-corrected chi connectivity index (χ3v) is 5.78. The Morgan fingerprint density at radius 2 is 1.86 bits per heavy atom. The minimum absolute atomic E-state index is 0.0337. The molecule has 1 aliphatic heterocycles. The molecule has 0 unspecified atom stereocenters. The average molecular weight is 477 g/mol. The lowest BCUT2D eigenvalue weighted by atomic mass is 10.1. The second-order valence-electron chi connectivity index (χ2n) is 8.20. The van der Waals surface area contributed by atoms with E-state index in [9.17, 15) is 14.4 Å². The summed E-state index contributed by atoms with van der Waals surface area (Å²) in [7, 11) is 1.59. The maximum Gasteiger partial charge on any atom is 0.306 e. The molecule has 2 aromatic carbocycles. The van der Waals surface area contributed by atoms with E-state index in [4.69, 9.17) is 13.9 Å². The number of nitrogens with one attached hydrogen (secondary N) is 1. The summed E-state index contributed by atoms with van der Waals surface area (Å²) in [4.78, 5) is 38.4. The Kier molecular flexibility index (Phi) is 7.50. The predicted octanol–water partition coefficient (Wildman–Crippen LogP) is 4.44. The molecule has 0 aliphatic carbocycles. The Bertz CT molecular complexity index is 1210. The third-order valence-electron chi connectivity index (χ3n) is 5.78. The molecule has 0 atom stereocenters. The Morgan fingerprint density at radius 3 is 2.60 bits per heavy atom. The third kappa shape index (κ3) is 5.90. The van der Waals surface area contributed by atoms with Crippen LogP contribution in [0, 0.1) is 0 Å². The maximum atomic E-state index is 13.0. The van der Waals surface area contributed by atoms with E-state index in [1.165, 1.54) is 0 Å². The lowest BCUT2D eigenvalue weighted by Gasteiger charge is -2.26. The smallest absolute Gasteiger partial charge is 0.306 e. The van der Waals surface area contributed by atoms with Gasteiger partial charge in [0.15, 0.2) is 0 Å². The standard InChI is InChI=1S/C27H28N2O6/c1-3-34-26(31)12-11-25(30)28-21-6-4-5-19(15-21)24-16-20-17-29(14-13-23(20)35-24)27(32)18-7-9-22(33-2)10-8-18/h4-10,15-16H,3,11-14,17H2,1-2H3,(H,28,30). The topological polar surface area (TPSA) is 98.1 Å². The number of furan rings is 1. The summed E-state index contributed by atoms with van der Waals surface area (Å²) in [5.74, 6) is 1.56. The molecule has 182 valence electrons. The minimum atomic E-state index is -0.392. The highest BCUT2D eigenvalue weighted by Crippen LogP contribution is 2.31. The van der Waals surface area contributed by atoms with Crippen molar-refractivity contribution in [3.8, 4) is 17.1 Å². The molecular formula is C27H28N2O6. The van der Waals surface area contributed by atoms with E-state index in [0.717, 1.165) is 16.9 Å². The van der Waals surface area contributed by atoms with Crippen molar-refractivity contribution in [3.05, 3.63) is 71.5 Å². The van der Waals surface area contributed by atoms with Crippen molar-refractivity contribution in [2.45, 2.75) is 32.7 Å². The number of methoxy groups -OCH3 is 1. The van der Waals surface area contributed by atoms with Gasteiger partial charge in [0.1, 0.15) is 17.3 Å². The quantitative estimate of drug-likeness (QED) is 0.483. The summed E-state index contributed by atoms with van der Waals surface area (Å²) < 4.78 is 16.1. The molecule has 0 radical (unpaired) electrons. The molecule has 0 bridgehead atoms. The number of fused-ring (bicyclic) bond motifs is 1. The Balaban J connectivity index is 1.41. The molecule has 0 fully saturated rings. The second-order valence-corrected chi connectivity index (χ2v) is 8.20. The van der Waals surface area contributed by atoms with E-state index in [1.54, 1.807) is 44.4 Å². The van der Waals surface area contributed by atoms with Gasteiger partial charge in [0.25, 0.3) is 5.91 Å². The molecule has 2 amide bonds. The highest BCUT2D eigenvalue weighted by atomic mass is 16.5. The lowest BCUT2D eigenvalue weighted by molar-refractivity contribution is -0.144. The molecule has 0 saturated heterocycles. The SMILES string of the molecule is CCOC(=O)CCC(=O)Nc1cccc(-c2cc3c(o2)CCN(C(=O)c2ccc(OC)cc2)C3)c1. The molecule has 1 N–H and O–H groups in total. The van der Waals surface area contributed by atoms with Gasteiger partial charge in [-0.15, -0.1) is 0 Å². The summed E-state index contributed by atoms with van der Waals surface area (Å²) in [6.45, 7) is 3.06. The number of carbonyl (C=O) groups excluding carboxylic acids is 3. The second kappa shape index (κ2) is 10.9. The summed E-state index contributed by atoms with van der Waals surface area (Å²) >= 11 is 0. The molecule has 8 nitrogen and oxygen atoms in total. The average Bonchev–Trinajstić information content (AvgIpc) is 3.31. The Labute approximate surface area is 203 Å². The Morgan fingerprint density at radius 1 is 1.06 bits per heavy atom. The first-order valence-corrected chi connectivity index (χ1v) is 11.6. The highest BCUT2D eigenvalue weighted by molar-refractivity contribution is 5.94. The molecule has 0 spiro atoms. The molecule has 1 aliphatic rings. The van der Waals surface area contributed by atoms with Crippen LogP contribution >= 0.6 is 0 Å². The van der Waals surface area contributed by atoms with Crippen molar-refractivity contribution in [2.75, 3.05) is 25.6 Å². The van der Waals surface area contributed by atoms with Gasteiger partial charge in [-0.3, -0.25) is 14.4 Å². The van der Waals surface area contributed by atoms with Gasteiger partial charge in [-0.05, 0) is 49.4 Å². The maximum absolute atomic E-state index is 13.0. The molecule has 8 heteroatoms. The number of nitrogens with zero attached hydrogens (tertiary/aromatic N) is 1. The lowest BCUT2D eigenvalue weighted by Crippen LogP contribution is -2.35. The van der Waals surface area contributed by atoms with Crippen LogP contribution in [0.3, 0.4) is 0 Å². The monoisotopic (exact) mass is 476 g/mol. The van der Waals surface area contributed by atoms with Crippen molar-refractivity contribution < 1.29 is 28.3 Å². The zero-order valence-corrected chi connectivity index (χ0v) is 19.8. The fourth-order valence-corrected chi connectivity index (χ4v) is 3.99. The number of anilines is 1. The summed E-state index contributed by atoms with van der Waals surface area (Å²) in [6, 6.07) is 16.4. The van der Waals surface area contributed by atoms with Gasteiger partial charge in [-0.2, -0.15) is 0 Å². The summed E-state index contributed by atoms with van der Waals surface area (Å²) in [5, 5.41) is 2.81. The number of hydrogen-bond donors (Lipinski definition) is 1. The van der Waals surface area contributed by atoms with Crippen LogP contribution in [-0.2, 0) is 27.3 Å². The number of esters is 1. The van der Waals surface area contributed by atoms with Crippen molar-refractivity contribution in [1.29, 1.82) is 0 Å². The van der Waals surface area contributed by atoms with Gasteiger partial charge in [-0.1, -0.05) is 12.1 Å². The van der Waals surface area contributed by atoms with E-state index >= 15 is 0 Å². The van der Waals surface area contributed by atoms with Crippen LogP contribution in [0.5, 0.6) is 5.75 Å². The van der Waals surface area contributed by atoms with E-state index in [1.807, 2.05) is 29.2 Å². The van der Waals surface area contributed by atoms with Crippen molar-refractivity contribution in [1.82, 2.24) is 4.90 Å². The largest absolute Gasteiger partial charge is 0.497 e. The van der Waals surface area contributed by atoms with Crippen LogP contribution in [-0.4, -0.2) is 42.9 Å². The molecule has 4 rings (SSSR count). The van der Waals surface area contributed by atoms with Gasteiger partial charge in [-0.25, -0.2) is 0 Å². The summed E-state index contributed by atoms with van der Waals surface area (Å²) in [5.41, 5.74) is 3.01. The normalized spacial score (nSPS) is 12.6. The fraction of sp³-hybridized carbons (Fsp3) is 0.296. The fourth-order valence-electron chi connectivity index (χ4n) is 3.99. The van der Waals surface area contributed by atoms with Crippen molar-refractivity contribution >= 4 is 23.5 Å². The minimum Gasteiger partial charge on any atom is -0.497 e. The van der Waals surface area contributed by atoms with E-state index in [2.05, 4.69) is 5.32 Å². The zero-order chi connectivity index (χ0) is 24.8.